The van der Waals surface area contributed by atoms with Gasteiger partial charge in [-0.05, 0) is 31.2 Å². The largest absolute Gasteiger partial charge is 0.507 e. The average Bonchev–Trinajstić information content (AvgIpc) is 2.59. The van der Waals surface area contributed by atoms with E-state index in [1.54, 1.807) is 37.3 Å². The Kier molecular flexibility index (Phi) is 5.81. The van der Waals surface area contributed by atoms with Crippen molar-refractivity contribution in [2.24, 2.45) is 5.10 Å². The number of hydrogen-bond acceptors (Lipinski definition) is 5. The Morgan fingerprint density at radius 3 is 2.42 bits per heavy atom. The summed E-state index contributed by atoms with van der Waals surface area (Å²) in [4.78, 5) is 12.1. The van der Waals surface area contributed by atoms with Crippen molar-refractivity contribution in [1.82, 2.24) is 5.43 Å². The van der Waals surface area contributed by atoms with Crippen LogP contribution < -0.4 is 14.9 Å². The van der Waals surface area contributed by atoms with Crippen molar-refractivity contribution < 1.29 is 19.4 Å². The summed E-state index contributed by atoms with van der Waals surface area (Å²) in [6, 6.07) is 9.97. The van der Waals surface area contributed by atoms with Crippen molar-refractivity contribution >= 4 is 27.5 Å². The summed E-state index contributed by atoms with van der Waals surface area (Å²) >= 11 is 3.31. The summed E-state index contributed by atoms with van der Waals surface area (Å²) < 4.78 is 11.2. The van der Waals surface area contributed by atoms with E-state index in [2.05, 4.69) is 26.5 Å². The lowest BCUT2D eigenvalue weighted by Crippen LogP contribution is -2.19. The molecule has 2 rings (SSSR count). The van der Waals surface area contributed by atoms with Crippen LogP contribution in [0.1, 0.15) is 22.8 Å². The van der Waals surface area contributed by atoms with Gasteiger partial charge in [-0.15, -0.1) is 0 Å². The molecule has 6 nitrogen and oxygen atoms in total. The fourth-order valence-electron chi connectivity index (χ4n) is 2.08. The molecule has 0 unspecified atom stereocenters. The smallest absolute Gasteiger partial charge is 0.271 e. The van der Waals surface area contributed by atoms with Gasteiger partial charge in [0.05, 0.1) is 25.5 Å². The standard InChI is InChI=1S/C17H17BrN2O4/c1-10(16-14(21)8-13(23-2)9-15(16)24-3)19-20-17(22)11-4-6-12(18)7-5-11/h4-9,21H,1-3H3,(H,20,22). The first kappa shape index (κ1) is 17.8. The summed E-state index contributed by atoms with van der Waals surface area (Å²) in [6.07, 6.45) is 0. The number of hydrazone groups is 1. The van der Waals surface area contributed by atoms with E-state index in [1.165, 1.54) is 20.3 Å². The highest BCUT2D eigenvalue weighted by Gasteiger charge is 2.15. The fraction of sp³-hybridized carbons (Fsp3) is 0.176. The number of carbonyl (C=O) groups is 1. The van der Waals surface area contributed by atoms with Gasteiger partial charge in [0, 0.05) is 22.2 Å². The second-order valence-corrected chi connectivity index (χ2v) is 5.78. The molecule has 0 saturated carbocycles. The molecule has 0 fully saturated rings. The Morgan fingerprint density at radius 1 is 1.17 bits per heavy atom. The van der Waals surface area contributed by atoms with Crippen LogP contribution in [0.2, 0.25) is 0 Å². The van der Waals surface area contributed by atoms with Gasteiger partial charge >= 0.3 is 0 Å². The second-order valence-electron chi connectivity index (χ2n) is 4.87. The zero-order valence-electron chi connectivity index (χ0n) is 13.5. The molecule has 0 spiro atoms. The van der Waals surface area contributed by atoms with Crippen LogP contribution >= 0.6 is 15.9 Å². The molecular formula is C17H17BrN2O4. The molecule has 0 radical (unpaired) electrons. The minimum atomic E-state index is -0.353. The maximum atomic E-state index is 12.1. The Bertz CT molecular complexity index is 773. The van der Waals surface area contributed by atoms with Crippen LogP contribution in [0.3, 0.4) is 0 Å². The summed E-state index contributed by atoms with van der Waals surface area (Å²) in [7, 11) is 2.97. The lowest BCUT2D eigenvalue weighted by molar-refractivity contribution is 0.0954. The zero-order valence-corrected chi connectivity index (χ0v) is 15.0. The highest BCUT2D eigenvalue weighted by molar-refractivity contribution is 9.10. The first-order valence-electron chi connectivity index (χ1n) is 7.01. The van der Waals surface area contributed by atoms with Crippen LogP contribution in [0.5, 0.6) is 17.2 Å². The Hall–Kier alpha value is -2.54. The van der Waals surface area contributed by atoms with Crippen LogP contribution in [-0.4, -0.2) is 30.9 Å². The molecule has 0 aromatic heterocycles. The van der Waals surface area contributed by atoms with Crippen LogP contribution in [0.25, 0.3) is 0 Å². The zero-order chi connectivity index (χ0) is 17.7. The number of benzene rings is 2. The van der Waals surface area contributed by atoms with Gasteiger partial charge in [-0.25, -0.2) is 5.43 Å². The first-order chi connectivity index (χ1) is 11.5. The van der Waals surface area contributed by atoms with Crippen LogP contribution in [0.4, 0.5) is 0 Å². The predicted molar refractivity (Wildman–Crippen MR) is 95.0 cm³/mol. The van der Waals surface area contributed by atoms with E-state index in [9.17, 15) is 9.90 Å². The highest BCUT2D eigenvalue weighted by atomic mass is 79.9. The molecule has 1 amide bonds. The highest BCUT2D eigenvalue weighted by Crippen LogP contribution is 2.33. The summed E-state index contributed by atoms with van der Waals surface area (Å²) in [6.45, 7) is 1.66. The van der Waals surface area contributed by atoms with Crippen molar-refractivity contribution in [1.29, 1.82) is 0 Å². The molecule has 0 aliphatic carbocycles. The predicted octanol–water partition coefficient (Wildman–Crippen LogP) is 3.33. The molecule has 7 heteroatoms. The SMILES string of the molecule is COc1cc(O)c(C(C)=NNC(=O)c2ccc(Br)cc2)c(OC)c1. The van der Waals surface area contributed by atoms with Crippen LogP contribution in [-0.2, 0) is 0 Å². The van der Waals surface area contributed by atoms with Gasteiger partial charge in [0.2, 0.25) is 0 Å². The van der Waals surface area contributed by atoms with E-state index in [-0.39, 0.29) is 11.7 Å². The Balaban J connectivity index is 2.24. The van der Waals surface area contributed by atoms with Gasteiger partial charge < -0.3 is 14.6 Å². The molecule has 24 heavy (non-hydrogen) atoms. The monoisotopic (exact) mass is 392 g/mol. The minimum Gasteiger partial charge on any atom is -0.507 e. The molecule has 0 aliphatic rings. The van der Waals surface area contributed by atoms with Crippen LogP contribution in [0, 0.1) is 0 Å². The number of nitrogens with one attached hydrogen (secondary N) is 1. The Morgan fingerprint density at radius 2 is 1.83 bits per heavy atom. The normalized spacial score (nSPS) is 11.1. The molecule has 0 aliphatic heterocycles. The molecule has 0 heterocycles. The topological polar surface area (TPSA) is 80.2 Å². The summed E-state index contributed by atoms with van der Waals surface area (Å²) in [5, 5.41) is 14.2. The number of amides is 1. The van der Waals surface area contributed by atoms with E-state index in [4.69, 9.17) is 9.47 Å². The lowest BCUT2D eigenvalue weighted by atomic mass is 10.1. The lowest BCUT2D eigenvalue weighted by Gasteiger charge is -2.12. The molecule has 2 aromatic carbocycles. The minimum absolute atomic E-state index is 0.0506. The Labute approximate surface area is 148 Å². The third-order valence-electron chi connectivity index (χ3n) is 3.30. The quantitative estimate of drug-likeness (QED) is 0.603. The van der Waals surface area contributed by atoms with Crippen molar-refractivity contribution in [3.05, 3.63) is 52.0 Å². The van der Waals surface area contributed by atoms with Crippen molar-refractivity contribution in [2.45, 2.75) is 6.92 Å². The number of hydrogen-bond donors (Lipinski definition) is 2. The molecule has 0 bridgehead atoms. The molecule has 126 valence electrons. The van der Waals surface area contributed by atoms with Gasteiger partial charge in [0.1, 0.15) is 17.2 Å². The number of halogens is 1. The molecule has 2 N–H and O–H groups in total. The van der Waals surface area contributed by atoms with Crippen LogP contribution in [0.15, 0.2) is 46.0 Å². The number of aromatic hydroxyl groups is 1. The van der Waals surface area contributed by atoms with Gasteiger partial charge in [-0.1, -0.05) is 15.9 Å². The average molecular weight is 393 g/mol. The van der Waals surface area contributed by atoms with Crippen molar-refractivity contribution in [3.8, 4) is 17.2 Å². The number of phenols is 1. The molecule has 2 aromatic rings. The van der Waals surface area contributed by atoms with E-state index in [0.29, 0.717) is 28.3 Å². The summed E-state index contributed by atoms with van der Waals surface area (Å²) in [5.41, 5.74) is 3.72. The summed E-state index contributed by atoms with van der Waals surface area (Å²) in [5.74, 6) is 0.449. The van der Waals surface area contributed by atoms with E-state index < -0.39 is 0 Å². The van der Waals surface area contributed by atoms with Gasteiger partial charge in [0.15, 0.2) is 0 Å². The maximum Gasteiger partial charge on any atom is 0.271 e. The maximum absolute atomic E-state index is 12.1. The first-order valence-corrected chi connectivity index (χ1v) is 7.81. The number of methoxy groups -OCH3 is 2. The van der Waals surface area contributed by atoms with E-state index >= 15 is 0 Å². The van der Waals surface area contributed by atoms with E-state index in [1.807, 2.05) is 0 Å². The fourth-order valence-corrected chi connectivity index (χ4v) is 2.34. The third kappa shape index (κ3) is 4.05. The number of rotatable bonds is 5. The van der Waals surface area contributed by atoms with Gasteiger partial charge in [-0.3, -0.25) is 4.79 Å². The van der Waals surface area contributed by atoms with Crippen molar-refractivity contribution in [2.75, 3.05) is 14.2 Å². The van der Waals surface area contributed by atoms with Gasteiger partial charge in [0.25, 0.3) is 5.91 Å². The van der Waals surface area contributed by atoms with Gasteiger partial charge in [-0.2, -0.15) is 5.10 Å². The molecular weight excluding hydrogens is 376 g/mol. The number of nitrogens with zero attached hydrogens (tertiary/aromatic N) is 1. The number of ether oxygens (including phenoxy) is 2. The number of phenolic OH excluding ortho intramolecular Hbond substituents is 1. The van der Waals surface area contributed by atoms with Crippen molar-refractivity contribution in [3.63, 3.8) is 0 Å². The molecule has 0 saturated heterocycles. The second kappa shape index (κ2) is 7.83. The van der Waals surface area contributed by atoms with E-state index in [0.717, 1.165) is 4.47 Å². The number of carbonyl (C=O) groups excluding carboxylic acids is 1. The third-order valence-corrected chi connectivity index (χ3v) is 3.83. The molecule has 0 atom stereocenters.